The van der Waals surface area contributed by atoms with Crippen LogP contribution in [0.25, 0.3) is 0 Å². The van der Waals surface area contributed by atoms with Gasteiger partial charge in [0.2, 0.25) is 0 Å². The lowest BCUT2D eigenvalue weighted by molar-refractivity contribution is -0.117. The first-order valence-corrected chi connectivity index (χ1v) is 12.8. The van der Waals surface area contributed by atoms with E-state index in [-0.39, 0.29) is 34.2 Å². The Hall–Kier alpha value is -0.983. The number of hydrogen-bond donors (Lipinski definition) is 0. The summed E-state index contributed by atoms with van der Waals surface area (Å²) in [4.78, 5) is 12.7. The number of carbonyl (C=O) groups excluding carboxylic acids is 1. The van der Waals surface area contributed by atoms with Crippen LogP contribution in [0.15, 0.2) is 35.2 Å². The predicted octanol–water partition coefficient (Wildman–Crippen LogP) is 3.83. The van der Waals surface area contributed by atoms with Crippen LogP contribution in [0.4, 0.5) is 0 Å². The molecule has 1 aromatic rings. The third kappa shape index (κ3) is 3.50. The summed E-state index contributed by atoms with van der Waals surface area (Å²) in [6.45, 7) is 12.5. The summed E-state index contributed by atoms with van der Waals surface area (Å²) in [5, 5.41) is -0.985. The van der Waals surface area contributed by atoms with Crippen LogP contribution in [-0.2, 0) is 19.1 Å². The van der Waals surface area contributed by atoms with Crippen molar-refractivity contribution in [1.82, 2.24) is 0 Å². The maximum atomic E-state index is 12.9. The van der Waals surface area contributed by atoms with Crippen LogP contribution in [0.5, 0.6) is 0 Å². The van der Waals surface area contributed by atoms with Gasteiger partial charge in [-0.2, -0.15) is 0 Å². The second kappa shape index (κ2) is 6.39. The standard InChI is InChI=1S/C18H28O4SSi/c1-13-16(22-24(5,6)18(2,3)4)12-15(19)17(13)23(20,21)14-10-8-7-9-11-14/h7-11,13,16-17H,12H2,1-6H3/t13-,16-,17+/m0/s1. The van der Waals surface area contributed by atoms with E-state index in [2.05, 4.69) is 33.9 Å². The molecule has 0 radical (unpaired) electrons. The van der Waals surface area contributed by atoms with Crippen molar-refractivity contribution in [3.8, 4) is 0 Å². The van der Waals surface area contributed by atoms with E-state index >= 15 is 0 Å². The van der Waals surface area contributed by atoms with Crippen molar-refractivity contribution >= 4 is 23.9 Å². The summed E-state index contributed by atoms with van der Waals surface area (Å²) in [6.07, 6.45) is -0.133. The van der Waals surface area contributed by atoms with Crippen LogP contribution in [-0.4, -0.2) is 33.9 Å². The van der Waals surface area contributed by atoms with Gasteiger partial charge < -0.3 is 4.43 Å². The lowest BCUT2D eigenvalue weighted by Crippen LogP contribution is -2.45. The number of hydrogen-bond acceptors (Lipinski definition) is 4. The number of Topliss-reactive ketones (excluding diaryl/α,β-unsaturated/α-hetero) is 1. The van der Waals surface area contributed by atoms with Crippen LogP contribution in [0.2, 0.25) is 18.1 Å². The summed E-state index contributed by atoms with van der Waals surface area (Å²) in [5.74, 6) is -0.563. The molecule has 0 aromatic heterocycles. The van der Waals surface area contributed by atoms with Crippen LogP contribution in [0.3, 0.4) is 0 Å². The first-order valence-electron chi connectivity index (χ1n) is 8.37. The average Bonchev–Trinajstić information content (AvgIpc) is 2.73. The SMILES string of the molecule is C[C@H]1[C@@H](O[Si](C)(C)C(C)(C)C)CC(=O)[C@@H]1S(=O)(=O)c1ccccc1. The van der Waals surface area contributed by atoms with Crippen LogP contribution in [0.1, 0.15) is 34.1 Å². The van der Waals surface area contributed by atoms with Gasteiger partial charge in [-0.15, -0.1) is 0 Å². The molecule has 0 amide bonds. The van der Waals surface area contributed by atoms with Gasteiger partial charge in [-0.25, -0.2) is 8.42 Å². The summed E-state index contributed by atoms with van der Waals surface area (Å²) in [7, 11) is -5.73. The third-order valence-electron chi connectivity index (χ3n) is 5.44. The Kier molecular flexibility index (Phi) is 5.15. The van der Waals surface area contributed by atoms with Gasteiger partial charge in [0, 0.05) is 12.3 Å². The summed E-state index contributed by atoms with van der Waals surface area (Å²) < 4.78 is 32.2. The molecule has 24 heavy (non-hydrogen) atoms. The molecule has 1 aliphatic rings. The second-order valence-electron chi connectivity index (χ2n) is 8.22. The van der Waals surface area contributed by atoms with E-state index in [1.807, 2.05) is 6.92 Å². The third-order valence-corrected chi connectivity index (χ3v) is 12.2. The molecule has 4 nitrogen and oxygen atoms in total. The van der Waals surface area contributed by atoms with Gasteiger partial charge >= 0.3 is 0 Å². The van der Waals surface area contributed by atoms with Crippen molar-refractivity contribution < 1.29 is 17.6 Å². The van der Waals surface area contributed by atoms with Gasteiger partial charge in [0.1, 0.15) is 5.25 Å². The fourth-order valence-electron chi connectivity index (χ4n) is 2.91. The van der Waals surface area contributed by atoms with Crippen molar-refractivity contribution in [3.63, 3.8) is 0 Å². The lowest BCUT2D eigenvalue weighted by atomic mass is 10.1. The first kappa shape index (κ1) is 19.3. The molecule has 2 rings (SSSR count). The maximum Gasteiger partial charge on any atom is 0.192 e. The number of sulfone groups is 1. The van der Waals surface area contributed by atoms with E-state index < -0.39 is 23.4 Å². The molecule has 0 spiro atoms. The number of rotatable bonds is 4. The molecule has 1 saturated carbocycles. The minimum absolute atomic E-state index is 0.0200. The van der Waals surface area contributed by atoms with Gasteiger partial charge in [-0.05, 0) is 30.3 Å². The molecular weight excluding hydrogens is 340 g/mol. The highest BCUT2D eigenvalue weighted by atomic mass is 32.2. The lowest BCUT2D eigenvalue weighted by Gasteiger charge is -2.39. The molecule has 134 valence electrons. The number of carbonyl (C=O) groups is 1. The molecule has 0 unspecified atom stereocenters. The smallest absolute Gasteiger partial charge is 0.192 e. The zero-order chi connectivity index (χ0) is 18.3. The van der Waals surface area contributed by atoms with Gasteiger partial charge in [0.25, 0.3) is 0 Å². The van der Waals surface area contributed by atoms with Crippen LogP contribution in [0, 0.1) is 5.92 Å². The molecule has 0 N–H and O–H groups in total. The van der Waals surface area contributed by atoms with Gasteiger partial charge in [-0.1, -0.05) is 45.9 Å². The predicted molar refractivity (Wildman–Crippen MR) is 98.3 cm³/mol. The van der Waals surface area contributed by atoms with Gasteiger partial charge in [0.05, 0.1) is 11.0 Å². The van der Waals surface area contributed by atoms with Crippen molar-refractivity contribution in [2.45, 2.75) is 68.5 Å². The highest BCUT2D eigenvalue weighted by Gasteiger charge is 2.51. The Morgan fingerprint density at radius 1 is 1.12 bits per heavy atom. The van der Waals surface area contributed by atoms with Gasteiger partial charge in [-0.3, -0.25) is 4.79 Å². The average molecular weight is 369 g/mol. The Bertz CT molecular complexity index is 704. The largest absolute Gasteiger partial charge is 0.413 e. The maximum absolute atomic E-state index is 12.9. The summed E-state index contributed by atoms with van der Waals surface area (Å²) in [5.41, 5.74) is 0. The molecule has 6 heteroatoms. The molecule has 1 fully saturated rings. The Morgan fingerprint density at radius 2 is 1.67 bits per heavy atom. The molecule has 3 atom stereocenters. The Balaban J connectivity index is 2.29. The van der Waals surface area contributed by atoms with E-state index in [0.29, 0.717) is 0 Å². The monoisotopic (exact) mass is 368 g/mol. The van der Waals surface area contributed by atoms with Crippen LogP contribution >= 0.6 is 0 Å². The van der Waals surface area contributed by atoms with Crippen molar-refractivity contribution in [2.75, 3.05) is 0 Å². The molecule has 0 heterocycles. The molecule has 0 aliphatic heterocycles. The molecule has 0 bridgehead atoms. The molecule has 0 saturated heterocycles. The van der Waals surface area contributed by atoms with E-state index in [0.717, 1.165) is 0 Å². The van der Waals surface area contributed by atoms with Crippen molar-refractivity contribution in [1.29, 1.82) is 0 Å². The highest BCUT2D eigenvalue weighted by molar-refractivity contribution is 7.92. The normalized spacial score (nSPS) is 25.9. The summed E-state index contributed by atoms with van der Waals surface area (Å²) in [6, 6.07) is 8.23. The van der Waals surface area contributed by atoms with Crippen LogP contribution < -0.4 is 0 Å². The minimum atomic E-state index is -3.68. The highest BCUT2D eigenvalue weighted by Crippen LogP contribution is 2.42. The molecule has 1 aromatic carbocycles. The van der Waals surface area contributed by atoms with Gasteiger partial charge in [0.15, 0.2) is 23.9 Å². The van der Waals surface area contributed by atoms with Crippen molar-refractivity contribution in [3.05, 3.63) is 30.3 Å². The topological polar surface area (TPSA) is 60.4 Å². The van der Waals surface area contributed by atoms with E-state index in [1.54, 1.807) is 30.3 Å². The Labute approximate surface area is 146 Å². The zero-order valence-electron chi connectivity index (χ0n) is 15.4. The molecular formula is C18H28O4SSi. The number of ketones is 1. The fourth-order valence-corrected chi connectivity index (χ4v) is 6.33. The number of benzene rings is 1. The zero-order valence-corrected chi connectivity index (χ0v) is 17.2. The van der Waals surface area contributed by atoms with E-state index in [9.17, 15) is 13.2 Å². The van der Waals surface area contributed by atoms with E-state index in [4.69, 9.17) is 4.43 Å². The summed E-state index contributed by atoms with van der Waals surface area (Å²) >= 11 is 0. The first-order chi connectivity index (χ1) is 10.9. The quantitative estimate of drug-likeness (QED) is 0.758. The fraction of sp³-hybridized carbons (Fsp3) is 0.611. The van der Waals surface area contributed by atoms with Crippen molar-refractivity contribution in [2.24, 2.45) is 5.92 Å². The minimum Gasteiger partial charge on any atom is -0.413 e. The van der Waals surface area contributed by atoms with E-state index in [1.165, 1.54) is 0 Å². The Morgan fingerprint density at radius 3 is 2.17 bits per heavy atom. The molecule has 1 aliphatic carbocycles. The second-order valence-corrected chi connectivity index (χ2v) is 15.1.